The van der Waals surface area contributed by atoms with Crippen LogP contribution in [0.15, 0.2) is 18.5 Å². The standard InChI is InChI=1S/C15H24N4.ClH/c1-13-2-4-17-10-14(13)11-18-7-3-15(12-18)19-8-5-16-6-9-19;/h2,4,10,15-16H,3,5-9,11-12H2,1H3;1H. The van der Waals surface area contributed by atoms with E-state index < -0.39 is 0 Å². The zero-order chi connectivity index (χ0) is 13.1. The van der Waals surface area contributed by atoms with Crippen LogP contribution in [0.5, 0.6) is 0 Å². The van der Waals surface area contributed by atoms with Gasteiger partial charge in [0.1, 0.15) is 0 Å². The van der Waals surface area contributed by atoms with Crippen LogP contribution < -0.4 is 5.32 Å². The van der Waals surface area contributed by atoms with Crippen molar-refractivity contribution < 1.29 is 0 Å². The fourth-order valence-corrected chi connectivity index (χ4v) is 3.20. The smallest absolute Gasteiger partial charge is 0.0315 e. The summed E-state index contributed by atoms with van der Waals surface area (Å²) in [6.07, 6.45) is 5.22. The Balaban J connectivity index is 0.00000147. The number of nitrogens with one attached hydrogen (secondary N) is 1. The van der Waals surface area contributed by atoms with Crippen LogP contribution in [0.4, 0.5) is 0 Å². The SMILES string of the molecule is Cc1ccncc1CN1CCC(N2CCNCC2)C1.Cl. The molecular weight excluding hydrogens is 272 g/mol. The Kier molecular flexibility index (Phi) is 5.78. The number of likely N-dealkylation sites (tertiary alicyclic amines) is 1. The number of aryl methyl sites for hydroxylation is 1. The van der Waals surface area contributed by atoms with Gasteiger partial charge in [-0.3, -0.25) is 14.8 Å². The summed E-state index contributed by atoms with van der Waals surface area (Å²) < 4.78 is 0. The first-order valence-electron chi connectivity index (χ1n) is 7.39. The maximum atomic E-state index is 4.25. The van der Waals surface area contributed by atoms with E-state index in [1.54, 1.807) is 0 Å². The molecule has 1 unspecified atom stereocenters. The quantitative estimate of drug-likeness (QED) is 0.911. The molecule has 3 heterocycles. The Labute approximate surface area is 128 Å². The predicted octanol–water partition coefficient (Wildman–Crippen LogP) is 1.29. The molecule has 0 spiro atoms. The van der Waals surface area contributed by atoms with Gasteiger partial charge in [0.2, 0.25) is 0 Å². The third-order valence-electron chi connectivity index (χ3n) is 4.46. The van der Waals surface area contributed by atoms with Crippen molar-refractivity contribution in [3.8, 4) is 0 Å². The number of halogens is 1. The summed E-state index contributed by atoms with van der Waals surface area (Å²) in [7, 11) is 0. The number of hydrogen-bond acceptors (Lipinski definition) is 4. The lowest BCUT2D eigenvalue weighted by Gasteiger charge is -2.32. The summed E-state index contributed by atoms with van der Waals surface area (Å²) in [4.78, 5) is 9.49. The molecule has 112 valence electrons. The molecule has 1 aromatic rings. The molecule has 0 radical (unpaired) electrons. The predicted molar refractivity (Wildman–Crippen MR) is 84.3 cm³/mol. The molecule has 0 aromatic carbocycles. The van der Waals surface area contributed by atoms with Gasteiger partial charge in [-0.05, 0) is 30.5 Å². The zero-order valence-electron chi connectivity index (χ0n) is 12.2. The average Bonchev–Trinajstić information content (AvgIpc) is 2.91. The largest absolute Gasteiger partial charge is 0.314 e. The van der Waals surface area contributed by atoms with Crippen molar-refractivity contribution in [3.05, 3.63) is 29.6 Å². The minimum absolute atomic E-state index is 0. The van der Waals surface area contributed by atoms with Crippen LogP contribution in [-0.2, 0) is 6.54 Å². The summed E-state index contributed by atoms with van der Waals surface area (Å²) >= 11 is 0. The fraction of sp³-hybridized carbons (Fsp3) is 0.667. The van der Waals surface area contributed by atoms with Crippen LogP contribution in [-0.4, -0.2) is 60.1 Å². The lowest BCUT2D eigenvalue weighted by Crippen LogP contribution is -2.49. The van der Waals surface area contributed by atoms with E-state index in [2.05, 4.69) is 33.1 Å². The first kappa shape index (κ1) is 15.7. The van der Waals surface area contributed by atoms with Gasteiger partial charge in [-0.25, -0.2) is 0 Å². The minimum atomic E-state index is 0. The lowest BCUT2D eigenvalue weighted by molar-refractivity contribution is 0.170. The number of piperazine rings is 1. The van der Waals surface area contributed by atoms with Gasteiger partial charge >= 0.3 is 0 Å². The van der Waals surface area contributed by atoms with Crippen LogP contribution in [0, 0.1) is 6.92 Å². The first-order valence-corrected chi connectivity index (χ1v) is 7.39. The number of pyridine rings is 1. The van der Waals surface area contributed by atoms with Crippen molar-refractivity contribution in [1.29, 1.82) is 0 Å². The van der Waals surface area contributed by atoms with Crippen LogP contribution in [0.1, 0.15) is 17.5 Å². The molecule has 2 saturated heterocycles. The number of aromatic nitrogens is 1. The van der Waals surface area contributed by atoms with Crippen LogP contribution >= 0.6 is 12.4 Å². The first-order chi connectivity index (χ1) is 9.33. The van der Waals surface area contributed by atoms with Crippen LogP contribution in [0.25, 0.3) is 0 Å². The monoisotopic (exact) mass is 296 g/mol. The highest BCUT2D eigenvalue weighted by Crippen LogP contribution is 2.19. The number of rotatable bonds is 3. The van der Waals surface area contributed by atoms with E-state index in [0.29, 0.717) is 0 Å². The third-order valence-corrected chi connectivity index (χ3v) is 4.46. The van der Waals surface area contributed by atoms with E-state index in [4.69, 9.17) is 0 Å². The Hall–Kier alpha value is -0.680. The Morgan fingerprint density at radius 2 is 2.10 bits per heavy atom. The van der Waals surface area contributed by atoms with Gasteiger partial charge in [0, 0.05) is 64.2 Å². The van der Waals surface area contributed by atoms with Gasteiger partial charge in [-0.1, -0.05) is 0 Å². The average molecular weight is 297 g/mol. The number of hydrogen-bond donors (Lipinski definition) is 1. The highest BCUT2D eigenvalue weighted by molar-refractivity contribution is 5.85. The maximum Gasteiger partial charge on any atom is 0.0315 e. The second kappa shape index (κ2) is 7.36. The summed E-state index contributed by atoms with van der Waals surface area (Å²) in [5, 5.41) is 3.43. The van der Waals surface area contributed by atoms with E-state index >= 15 is 0 Å². The molecule has 20 heavy (non-hydrogen) atoms. The van der Waals surface area contributed by atoms with Gasteiger partial charge in [0.15, 0.2) is 0 Å². The number of nitrogens with zero attached hydrogens (tertiary/aromatic N) is 3. The molecule has 2 aliphatic rings. The Bertz CT molecular complexity index is 420. The summed E-state index contributed by atoms with van der Waals surface area (Å²) in [6.45, 7) is 10.4. The summed E-state index contributed by atoms with van der Waals surface area (Å²) in [5.41, 5.74) is 2.74. The highest BCUT2D eigenvalue weighted by Gasteiger charge is 2.28. The van der Waals surface area contributed by atoms with Crippen LogP contribution in [0.3, 0.4) is 0 Å². The van der Waals surface area contributed by atoms with Gasteiger partial charge in [-0.15, -0.1) is 12.4 Å². The van der Waals surface area contributed by atoms with E-state index in [-0.39, 0.29) is 12.4 Å². The van der Waals surface area contributed by atoms with Crippen LogP contribution in [0.2, 0.25) is 0 Å². The maximum absolute atomic E-state index is 4.25. The van der Waals surface area contributed by atoms with Gasteiger partial charge in [0.05, 0.1) is 0 Å². The molecule has 0 aliphatic carbocycles. The lowest BCUT2D eigenvalue weighted by atomic mass is 10.1. The highest BCUT2D eigenvalue weighted by atomic mass is 35.5. The Morgan fingerprint density at radius 3 is 2.85 bits per heavy atom. The molecule has 0 amide bonds. The third kappa shape index (κ3) is 3.70. The van der Waals surface area contributed by atoms with E-state index in [1.165, 1.54) is 43.7 Å². The van der Waals surface area contributed by atoms with Gasteiger partial charge in [0.25, 0.3) is 0 Å². The normalized spacial score (nSPS) is 24.6. The van der Waals surface area contributed by atoms with Gasteiger partial charge in [-0.2, -0.15) is 0 Å². The molecule has 3 rings (SSSR count). The molecule has 5 heteroatoms. The second-order valence-corrected chi connectivity index (χ2v) is 5.77. The van der Waals surface area contributed by atoms with Crippen molar-refractivity contribution in [3.63, 3.8) is 0 Å². The zero-order valence-corrected chi connectivity index (χ0v) is 13.0. The van der Waals surface area contributed by atoms with E-state index in [9.17, 15) is 0 Å². The van der Waals surface area contributed by atoms with Crippen molar-refractivity contribution in [2.24, 2.45) is 0 Å². The fourth-order valence-electron chi connectivity index (χ4n) is 3.20. The molecule has 1 atom stereocenters. The topological polar surface area (TPSA) is 31.4 Å². The van der Waals surface area contributed by atoms with Gasteiger partial charge < -0.3 is 5.32 Å². The summed E-state index contributed by atoms with van der Waals surface area (Å²) in [5.74, 6) is 0. The summed E-state index contributed by atoms with van der Waals surface area (Å²) in [6, 6.07) is 2.87. The van der Waals surface area contributed by atoms with E-state index in [1.807, 2.05) is 12.4 Å². The molecule has 4 nitrogen and oxygen atoms in total. The van der Waals surface area contributed by atoms with Crippen molar-refractivity contribution in [1.82, 2.24) is 20.1 Å². The molecular formula is C15H25ClN4. The molecule has 1 N–H and O–H groups in total. The van der Waals surface area contributed by atoms with Crippen molar-refractivity contribution in [2.75, 3.05) is 39.3 Å². The van der Waals surface area contributed by atoms with Crippen molar-refractivity contribution in [2.45, 2.75) is 25.9 Å². The molecule has 2 aliphatic heterocycles. The molecule has 1 aromatic heterocycles. The minimum Gasteiger partial charge on any atom is -0.314 e. The molecule has 0 bridgehead atoms. The molecule has 0 saturated carbocycles. The van der Waals surface area contributed by atoms with E-state index in [0.717, 1.165) is 25.7 Å². The second-order valence-electron chi connectivity index (χ2n) is 5.77. The molecule has 2 fully saturated rings. The van der Waals surface area contributed by atoms with Crippen molar-refractivity contribution >= 4 is 12.4 Å². The Morgan fingerprint density at radius 1 is 1.30 bits per heavy atom.